The van der Waals surface area contributed by atoms with Crippen LogP contribution in [0.25, 0.3) is 21.5 Å². The standard InChI is InChI=1S/C22H16N4O2S/c23-11-14-5-1-2-6-16(14)18-10-9-15(28-18)12-25-26-13-24-21-20(22(26)27)17-7-3-4-8-19(17)29-21/h1-2,5-6,9-10,12-13H,3-4,7-8H2. The molecule has 0 N–H and O–H groups in total. The van der Waals surface area contributed by atoms with E-state index >= 15 is 0 Å². The molecule has 0 spiro atoms. The van der Waals surface area contributed by atoms with Crippen molar-refractivity contribution in [2.75, 3.05) is 0 Å². The van der Waals surface area contributed by atoms with Crippen LogP contribution in [0.15, 0.2) is 57.0 Å². The fraction of sp³-hybridized carbons (Fsp3) is 0.182. The molecule has 0 bridgehead atoms. The first-order valence-electron chi connectivity index (χ1n) is 9.40. The van der Waals surface area contributed by atoms with Gasteiger partial charge in [0.05, 0.1) is 23.2 Å². The fourth-order valence-electron chi connectivity index (χ4n) is 3.70. The van der Waals surface area contributed by atoms with Gasteiger partial charge in [0.1, 0.15) is 22.7 Å². The molecule has 29 heavy (non-hydrogen) atoms. The maximum atomic E-state index is 12.9. The van der Waals surface area contributed by atoms with Crippen LogP contribution in [0.3, 0.4) is 0 Å². The smallest absolute Gasteiger partial charge is 0.282 e. The van der Waals surface area contributed by atoms with Crippen LogP contribution in [0.2, 0.25) is 0 Å². The molecule has 3 aromatic heterocycles. The minimum atomic E-state index is -0.146. The van der Waals surface area contributed by atoms with Gasteiger partial charge in [-0.25, -0.2) is 4.98 Å². The Morgan fingerprint density at radius 2 is 2.07 bits per heavy atom. The predicted octanol–water partition coefficient (Wildman–Crippen LogP) is 4.35. The van der Waals surface area contributed by atoms with Gasteiger partial charge in [-0.15, -0.1) is 11.3 Å². The Kier molecular flexibility index (Phi) is 4.34. The zero-order valence-corrected chi connectivity index (χ0v) is 16.3. The van der Waals surface area contributed by atoms with E-state index < -0.39 is 0 Å². The average Bonchev–Trinajstić information content (AvgIpc) is 3.38. The van der Waals surface area contributed by atoms with Crippen LogP contribution in [-0.2, 0) is 12.8 Å². The van der Waals surface area contributed by atoms with Gasteiger partial charge in [-0.3, -0.25) is 4.79 Å². The molecule has 142 valence electrons. The van der Waals surface area contributed by atoms with Crippen LogP contribution < -0.4 is 5.56 Å². The largest absolute Gasteiger partial charge is 0.455 e. The lowest BCUT2D eigenvalue weighted by molar-refractivity contribution is 0.574. The molecule has 5 rings (SSSR count). The zero-order valence-electron chi connectivity index (χ0n) is 15.5. The number of nitrogens with zero attached hydrogens (tertiary/aromatic N) is 4. The van der Waals surface area contributed by atoms with Crippen LogP contribution in [-0.4, -0.2) is 15.9 Å². The van der Waals surface area contributed by atoms with E-state index in [-0.39, 0.29) is 5.56 Å². The number of nitriles is 1. The van der Waals surface area contributed by atoms with E-state index in [1.807, 2.05) is 18.2 Å². The maximum absolute atomic E-state index is 12.9. The Morgan fingerprint density at radius 1 is 1.21 bits per heavy atom. The molecular weight excluding hydrogens is 384 g/mol. The highest BCUT2D eigenvalue weighted by Gasteiger charge is 2.19. The summed E-state index contributed by atoms with van der Waals surface area (Å²) in [6.45, 7) is 0. The number of hydrogen-bond acceptors (Lipinski definition) is 6. The molecular formula is C22H16N4O2S. The molecule has 0 aliphatic heterocycles. The fourth-order valence-corrected chi connectivity index (χ4v) is 4.92. The maximum Gasteiger partial charge on any atom is 0.282 e. The van der Waals surface area contributed by atoms with Gasteiger partial charge in [0.15, 0.2) is 0 Å². The van der Waals surface area contributed by atoms with Gasteiger partial charge < -0.3 is 4.42 Å². The van der Waals surface area contributed by atoms with Crippen molar-refractivity contribution in [3.05, 3.63) is 74.8 Å². The number of fused-ring (bicyclic) bond motifs is 3. The van der Waals surface area contributed by atoms with Crippen LogP contribution in [0.5, 0.6) is 0 Å². The minimum Gasteiger partial charge on any atom is -0.455 e. The monoisotopic (exact) mass is 400 g/mol. The summed E-state index contributed by atoms with van der Waals surface area (Å²) in [7, 11) is 0. The first-order valence-corrected chi connectivity index (χ1v) is 10.2. The third kappa shape index (κ3) is 3.08. The first-order chi connectivity index (χ1) is 14.2. The van der Waals surface area contributed by atoms with Gasteiger partial charge in [-0.2, -0.15) is 15.0 Å². The second kappa shape index (κ2) is 7.15. The lowest BCUT2D eigenvalue weighted by atomic mass is 9.97. The van der Waals surface area contributed by atoms with Crippen molar-refractivity contribution < 1.29 is 4.42 Å². The van der Waals surface area contributed by atoms with Crippen LogP contribution >= 0.6 is 11.3 Å². The van der Waals surface area contributed by atoms with Gasteiger partial charge in [-0.1, -0.05) is 12.1 Å². The van der Waals surface area contributed by atoms with E-state index in [1.165, 1.54) is 28.5 Å². The number of furan rings is 1. The number of hydrogen-bond donors (Lipinski definition) is 0. The summed E-state index contributed by atoms with van der Waals surface area (Å²) in [5.41, 5.74) is 2.26. The molecule has 0 saturated carbocycles. The topological polar surface area (TPSA) is 84.2 Å². The summed E-state index contributed by atoms with van der Waals surface area (Å²) in [4.78, 5) is 19.5. The van der Waals surface area contributed by atoms with Crippen molar-refractivity contribution in [1.82, 2.24) is 9.66 Å². The molecule has 0 unspecified atom stereocenters. The van der Waals surface area contributed by atoms with Gasteiger partial charge in [0, 0.05) is 10.4 Å². The normalized spacial score (nSPS) is 13.6. The Hall–Kier alpha value is -3.50. The van der Waals surface area contributed by atoms with Crippen molar-refractivity contribution in [3.63, 3.8) is 0 Å². The highest BCUT2D eigenvalue weighted by atomic mass is 32.1. The second-order valence-electron chi connectivity index (χ2n) is 6.89. The Balaban J connectivity index is 1.49. The van der Waals surface area contributed by atoms with Crippen molar-refractivity contribution in [2.24, 2.45) is 5.10 Å². The van der Waals surface area contributed by atoms with Crippen LogP contribution in [0.1, 0.15) is 34.6 Å². The molecule has 0 fully saturated rings. The van der Waals surface area contributed by atoms with E-state index in [2.05, 4.69) is 16.2 Å². The van der Waals surface area contributed by atoms with E-state index in [4.69, 9.17) is 4.42 Å². The number of thiophene rings is 1. The van der Waals surface area contributed by atoms with E-state index in [0.717, 1.165) is 35.2 Å². The minimum absolute atomic E-state index is 0.146. The summed E-state index contributed by atoms with van der Waals surface area (Å²) in [5, 5.41) is 14.2. The molecule has 4 aromatic rings. The van der Waals surface area contributed by atoms with Gasteiger partial charge in [0.2, 0.25) is 0 Å². The Morgan fingerprint density at radius 3 is 2.97 bits per heavy atom. The first kappa shape index (κ1) is 17.6. The molecule has 7 heteroatoms. The molecule has 1 aliphatic rings. The van der Waals surface area contributed by atoms with Gasteiger partial charge in [0.25, 0.3) is 5.56 Å². The van der Waals surface area contributed by atoms with Crippen molar-refractivity contribution in [2.45, 2.75) is 25.7 Å². The molecule has 0 amide bonds. The highest BCUT2D eigenvalue weighted by Crippen LogP contribution is 2.33. The molecule has 6 nitrogen and oxygen atoms in total. The molecule has 1 aromatic carbocycles. The third-order valence-electron chi connectivity index (χ3n) is 5.11. The molecule has 0 radical (unpaired) electrons. The molecule has 0 saturated heterocycles. The second-order valence-corrected chi connectivity index (χ2v) is 7.97. The molecule has 3 heterocycles. The summed E-state index contributed by atoms with van der Waals surface area (Å²) in [5.74, 6) is 1.07. The SMILES string of the molecule is N#Cc1ccccc1-c1ccc(C=Nn2cnc3sc4c(c3c2=O)CCCC4)o1. The predicted molar refractivity (Wildman–Crippen MR) is 112 cm³/mol. The quantitative estimate of drug-likeness (QED) is 0.479. The summed E-state index contributed by atoms with van der Waals surface area (Å²) in [6, 6.07) is 13.0. The number of benzene rings is 1. The van der Waals surface area contributed by atoms with Gasteiger partial charge >= 0.3 is 0 Å². The lowest BCUT2D eigenvalue weighted by Crippen LogP contribution is -2.17. The number of aromatic nitrogens is 2. The van der Waals surface area contributed by atoms with Crippen molar-refractivity contribution >= 4 is 27.8 Å². The lowest BCUT2D eigenvalue weighted by Gasteiger charge is -2.09. The summed E-state index contributed by atoms with van der Waals surface area (Å²) in [6.07, 6.45) is 7.18. The third-order valence-corrected chi connectivity index (χ3v) is 6.31. The molecule has 1 aliphatic carbocycles. The van der Waals surface area contributed by atoms with E-state index in [1.54, 1.807) is 29.5 Å². The van der Waals surface area contributed by atoms with Crippen LogP contribution in [0.4, 0.5) is 0 Å². The summed E-state index contributed by atoms with van der Waals surface area (Å²) >= 11 is 1.62. The van der Waals surface area contributed by atoms with Crippen LogP contribution in [0, 0.1) is 11.3 Å². The Labute approximate surface area is 170 Å². The summed E-state index contributed by atoms with van der Waals surface area (Å²) < 4.78 is 7.06. The van der Waals surface area contributed by atoms with E-state index in [9.17, 15) is 10.1 Å². The Bertz CT molecular complexity index is 1350. The van der Waals surface area contributed by atoms with Crippen molar-refractivity contribution in [3.8, 4) is 17.4 Å². The average molecular weight is 400 g/mol. The highest BCUT2D eigenvalue weighted by molar-refractivity contribution is 7.18. The van der Waals surface area contributed by atoms with E-state index in [0.29, 0.717) is 22.5 Å². The van der Waals surface area contributed by atoms with Crippen molar-refractivity contribution in [1.29, 1.82) is 5.26 Å². The number of rotatable bonds is 3. The zero-order chi connectivity index (χ0) is 19.8. The van der Waals surface area contributed by atoms with Gasteiger partial charge in [-0.05, 0) is 55.5 Å². The number of aryl methyl sites for hydroxylation is 2. The molecule has 0 atom stereocenters.